The number of rotatable bonds is 9. The highest BCUT2D eigenvalue weighted by molar-refractivity contribution is 6.33. The number of aldehydes is 1. The van der Waals surface area contributed by atoms with Crippen molar-refractivity contribution in [1.82, 2.24) is 0 Å². The van der Waals surface area contributed by atoms with Crippen molar-refractivity contribution in [3.63, 3.8) is 0 Å². The third kappa shape index (κ3) is 4.73. The third-order valence-corrected chi connectivity index (χ3v) is 3.67. The number of nitrogens with zero attached hydrogens (tertiary/aromatic N) is 1. The van der Waals surface area contributed by atoms with E-state index >= 15 is 0 Å². The molecule has 0 N–H and O–H groups in total. The number of carbonyl (C=O) groups is 2. The molecule has 1 atom stereocenters. The van der Waals surface area contributed by atoms with Gasteiger partial charge in [-0.1, -0.05) is 32.4 Å². The molecule has 0 spiro atoms. The molecule has 1 aromatic carbocycles. The van der Waals surface area contributed by atoms with Gasteiger partial charge in [0.2, 0.25) is 5.91 Å². The van der Waals surface area contributed by atoms with Gasteiger partial charge in [0.15, 0.2) is 0 Å². The van der Waals surface area contributed by atoms with Crippen molar-refractivity contribution in [1.29, 1.82) is 0 Å². The molecule has 0 saturated carbocycles. The first kappa shape index (κ1) is 18.5. The normalized spacial score (nSPS) is 11.8. The van der Waals surface area contributed by atoms with E-state index in [2.05, 4.69) is 0 Å². The van der Waals surface area contributed by atoms with Crippen molar-refractivity contribution in [3.05, 3.63) is 23.8 Å². The molecule has 0 bridgehead atoms. The average molecular weight is 326 g/mol. The number of alkyl halides is 1. The number of anilines is 1. The number of benzene rings is 1. The second-order valence-corrected chi connectivity index (χ2v) is 5.67. The molecule has 0 fully saturated rings. The van der Waals surface area contributed by atoms with Crippen LogP contribution in [0.25, 0.3) is 0 Å². The predicted octanol–water partition coefficient (Wildman–Crippen LogP) is 3.72. The maximum absolute atomic E-state index is 12.6. The van der Waals surface area contributed by atoms with Gasteiger partial charge in [-0.15, -0.1) is 11.6 Å². The number of halogens is 1. The summed E-state index contributed by atoms with van der Waals surface area (Å²) in [7, 11) is 0. The second-order valence-electron chi connectivity index (χ2n) is 5.14. The minimum atomic E-state index is -0.636. The van der Waals surface area contributed by atoms with Gasteiger partial charge in [0.1, 0.15) is 17.4 Å². The van der Waals surface area contributed by atoms with E-state index in [-0.39, 0.29) is 12.5 Å². The Morgan fingerprint density at radius 1 is 1.36 bits per heavy atom. The van der Waals surface area contributed by atoms with E-state index < -0.39 is 5.38 Å². The number of para-hydroxylation sites is 1. The molecule has 0 aliphatic rings. The van der Waals surface area contributed by atoms with Crippen LogP contribution < -0.4 is 9.64 Å². The molecule has 1 rings (SSSR count). The van der Waals surface area contributed by atoms with Gasteiger partial charge >= 0.3 is 0 Å². The highest BCUT2D eigenvalue weighted by atomic mass is 35.5. The minimum Gasteiger partial charge on any atom is -0.491 e. The quantitative estimate of drug-likeness (QED) is 0.513. The van der Waals surface area contributed by atoms with Crippen LogP contribution in [0, 0.1) is 6.92 Å². The van der Waals surface area contributed by atoms with Crippen molar-refractivity contribution in [2.75, 3.05) is 18.1 Å². The van der Waals surface area contributed by atoms with Gasteiger partial charge in [-0.3, -0.25) is 4.79 Å². The lowest BCUT2D eigenvalue weighted by Crippen LogP contribution is -2.39. The monoisotopic (exact) mass is 325 g/mol. The summed E-state index contributed by atoms with van der Waals surface area (Å²) < 4.78 is 5.73. The second kappa shape index (κ2) is 9.46. The van der Waals surface area contributed by atoms with E-state index in [1.54, 1.807) is 0 Å². The Bertz CT molecular complexity index is 505. The van der Waals surface area contributed by atoms with Gasteiger partial charge < -0.3 is 14.4 Å². The molecule has 0 heterocycles. The molecule has 0 aliphatic heterocycles. The van der Waals surface area contributed by atoms with Crippen molar-refractivity contribution >= 4 is 29.5 Å². The van der Waals surface area contributed by atoms with Gasteiger partial charge in [0.25, 0.3) is 0 Å². The molecule has 1 unspecified atom stereocenters. The van der Waals surface area contributed by atoms with E-state index in [9.17, 15) is 9.59 Å². The maximum atomic E-state index is 12.6. The first-order chi connectivity index (χ1) is 10.6. The molecule has 0 radical (unpaired) electrons. The van der Waals surface area contributed by atoms with Crippen LogP contribution in [0.4, 0.5) is 5.69 Å². The summed E-state index contributed by atoms with van der Waals surface area (Å²) in [6.07, 6.45) is 2.96. The summed E-state index contributed by atoms with van der Waals surface area (Å²) >= 11 is 6.17. The Balaban J connectivity index is 3.19. The molecular formula is C17H24ClNO3. The van der Waals surface area contributed by atoms with Crippen LogP contribution in [0.2, 0.25) is 0 Å². The molecule has 122 valence electrons. The van der Waals surface area contributed by atoms with Crippen LogP contribution in [0.1, 0.15) is 38.7 Å². The fourth-order valence-electron chi connectivity index (χ4n) is 2.22. The SMILES string of the molecule is CCCOc1cccc(C)c1N(CC=O)C(=O)C(Cl)CCC. The molecule has 4 nitrogen and oxygen atoms in total. The Hall–Kier alpha value is -1.55. The fraction of sp³-hybridized carbons (Fsp3) is 0.529. The first-order valence-electron chi connectivity index (χ1n) is 7.68. The van der Waals surface area contributed by atoms with Gasteiger partial charge in [0.05, 0.1) is 18.8 Å². The molecule has 1 amide bonds. The number of hydrogen-bond donors (Lipinski definition) is 0. The largest absolute Gasteiger partial charge is 0.491 e. The standard InChI is InChI=1S/C17H24ClNO3/c1-4-7-14(18)17(21)19(10-11-20)16-13(3)8-6-9-15(16)22-12-5-2/h6,8-9,11,14H,4-5,7,10,12H2,1-3H3. The zero-order valence-corrected chi connectivity index (χ0v) is 14.2. The lowest BCUT2D eigenvalue weighted by molar-refractivity contribution is -0.119. The summed E-state index contributed by atoms with van der Waals surface area (Å²) in [6.45, 7) is 6.40. The number of hydrogen-bond acceptors (Lipinski definition) is 3. The fourth-order valence-corrected chi connectivity index (χ4v) is 2.55. The lowest BCUT2D eigenvalue weighted by Gasteiger charge is -2.26. The summed E-state index contributed by atoms with van der Waals surface area (Å²) in [6, 6.07) is 5.58. The van der Waals surface area contributed by atoms with Crippen LogP contribution in [0.3, 0.4) is 0 Å². The molecule has 0 saturated heterocycles. The van der Waals surface area contributed by atoms with Crippen molar-refractivity contribution in [2.24, 2.45) is 0 Å². The zero-order valence-electron chi connectivity index (χ0n) is 13.5. The number of ether oxygens (including phenoxy) is 1. The van der Waals surface area contributed by atoms with Crippen molar-refractivity contribution in [2.45, 2.75) is 45.4 Å². The Labute approximate surface area is 137 Å². The topological polar surface area (TPSA) is 46.6 Å². The molecule has 0 aromatic heterocycles. The number of amides is 1. The van der Waals surface area contributed by atoms with Crippen molar-refractivity contribution < 1.29 is 14.3 Å². The predicted molar refractivity (Wildman–Crippen MR) is 89.9 cm³/mol. The van der Waals surface area contributed by atoms with Gasteiger partial charge in [-0.2, -0.15) is 0 Å². The van der Waals surface area contributed by atoms with Crippen LogP contribution in [0.15, 0.2) is 18.2 Å². The van der Waals surface area contributed by atoms with E-state index in [0.717, 1.165) is 18.4 Å². The highest BCUT2D eigenvalue weighted by Gasteiger charge is 2.26. The summed E-state index contributed by atoms with van der Waals surface area (Å²) in [5, 5.41) is -0.636. The molecular weight excluding hydrogens is 302 g/mol. The van der Waals surface area contributed by atoms with Crippen LogP contribution in [-0.4, -0.2) is 30.7 Å². The lowest BCUT2D eigenvalue weighted by atomic mass is 10.1. The van der Waals surface area contributed by atoms with Gasteiger partial charge in [0, 0.05) is 0 Å². The van der Waals surface area contributed by atoms with Gasteiger partial charge in [-0.05, 0) is 31.4 Å². The van der Waals surface area contributed by atoms with Crippen molar-refractivity contribution in [3.8, 4) is 5.75 Å². The molecule has 0 aliphatic carbocycles. The first-order valence-corrected chi connectivity index (χ1v) is 8.11. The maximum Gasteiger partial charge on any atom is 0.245 e. The smallest absolute Gasteiger partial charge is 0.245 e. The number of carbonyl (C=O) groups excluding carboxylic acids is 2. The van der Waals surface area contributed by atoms with E-state index in [1.807, 2.05) is 39.0 Å². The van der Waals surface area contributed by atoms with E-state index in [4.69, 9.17) is 16.3 Å². The Morgan fingerprint density at radius 3 is 2.68 bits per heavy atom. The van der Waals surface area contributed by atoms with Gasteiger partial charge in [-0.25, -0.2) is 0 Å². The minimum absolute atomic E-state index is 0.0287. The van der Waals surface area contributed by atoms with Crippen LogP contribution >= 0.6 is 11.6 Å². The summed E-state index contributed by atoms with van der Waals surface area (Å²) in [5.74, 6) is 0.351. The summed E-state index contributed by atoms with van der Waals surface area (Å²) in [5.41, 5.74) is 1.51. The summed E-state index contributed by atoms with van der Waals surface area (Å²) in [4.78, 5) is 25.0. The highest BCUT2D eigenvalue weighted by Crippen LogP contribution is 2.33. The molecule has 22 heavy (non-hydrogen) atoms. The average Bonchev–Trinajstić information content (AvgIpc) is 2.51. The Kier molecular flexibility index (Phi) is 7.96. The Morgan fingerprint density at radius 2 is 2.09 bits per heavy atom. The van der Waals surface area contributed by atoms with E-state index in [1.165, 1.54) is 4.90 Å². The zero-order chi connectivity index (χ0) is 16.5. The third-order valence-electron chi connectivity index (χ3n) is 3.27. The van der Waals surface area contributed by atoms with Crippen LogP contribution in [-0.2, 0) is 9.59 Å². The van der Waals surface area contributed by atoms with E-state index in [0.29, 0.717) is 30.8 Å². The molecule has 5 heteroatoms. The molecule has 1 aromatic rings. The van der Waals surface area contributed by atoms with Crippen LogP contribution in [0.5, 0.6) is 5.75 Å². The number of aryl methyl sites for hydroxylation is 1.